The van der Waals surface area contributed by atoms with Crippen LogP contribution in [-0.4, -0.2) is 25.6 Å². The number of hydrogen-bond acceptors (Lipinski definition) is 6. The van der Waals surface area contributed by atoms with Gasteiger partial charge in [0.2, 0.25) is 0 Å². The van der Waals surface area contributed by atoms with E-state index in [1.54, 1.807) is 12.1 Å². The minimum absolute atomic E-state index is 0.0219. The summed E-state index contributed by atoms with van der Waals surface area (Å²) in [7, 11) is 1.53. The number of thiophene rings is 1. The monoisotopic (exact) mass is 398 g/mol. The molecule has 146 valence electrons. The Morgan fingerprint density at radius 3 is 2.79 bits per heavy atom. The second-order valence-electron chi connectivity index (χ2n) is 6.58. The van der Waals surface area contributed by atoms with E-state index < -0.39 is 11.9 Å². The molecular weight excluding hydrogens is 376 g/mol. The highest BCUT2D eigenvalue weighted by Crippen LogP contribution is 2.36. The summed E-state index contributed by atoms with van der Waals surface area (Å²) < 4.78 is 10.3. The molecule has 3 rings (SSSR count). The van der Waals surface area contributed by atoms with Gasteiger partial charge in [-0.3, -0.25) is 9.59 Å². The molecule has 0 fully saturated rings. The van der Waals surface area contributed by atoms with Gasteiger partial charge >= 0.3 is 5.97 Å². The van der Waals surface area contributed by atoms with Crippen LogP contribution in [-0.2, 0) is 33.6 Å². The Bertz CT molecular complexity index is 914. The Labute approximate surface area is 168 Å². The number of anilines is 1. The minimum Gasteiger partial charge on any atom is -0.496 e. The summed E-state index contributed by atoms with van der Waals surface area (Å²) in [5, 5.41) is 12.8. The molecule has 1 aliphatic carbocycles. The van der Waals surface area contributed by atoms with Crippen LogP contribution in [0, 0.1) is 11.3 Å². The molecule has 1 N–H and O–H groups in total. The molecule has 0 saturated carbocycles. The first-order valence-electron chi connectivity index (χ1n) is 9.24. The molecule has 1 heterocycles. The SMILES string of the molecule is COc1ccccc1CC(=O)OCC(=O)Nc1sc2c(c1C#N)CCCCC2. The summed E-state index contributed by atoms with van der Waals surface area (Å²) in [6, 6.07) is 9.38. The van der Waals surface area contributed by atoms with Gasteiger partial charge in [0.15, 0.2) is 6.61 Å². The molecule has 1 aliphatic rings. The van der Waals surface area contributed by atoms with E-state index in [0.29, 0.717) is 21.9 Å². The number of benzene rings is 1. The van der Waals surface area contributed by atoms with Gasteiger partial charge in [-0.25, -0.2) is 0 Å². The van der Waals surface area contributed by atoms with Gasteiger partial charge in [-0.2, -0.15) is 5.26 Å². The van der Waals surface area contributed by atoms with E-state index in [1.807, 2.05) is 12.1 Å². The van der Waals surface area contributed by atoms with Gasteiger partial charge < -0.3 is 14.8 Å². The van der Waals surface area contributed by atoms with Crippen LogP contribution in [0.4, 0.5) is 5.00 Å². The number of hydrogen-bond donors (Lipinski definition) is 1. The molecule has 0 saturated heterocycles. The lowest BCUT2D eigenvalue weighted by molar-refractivity contribution is -0.146. The third-order valence-electron chi connectivity index (χ3n) is 4.68. The van der Waals surface area contributed by atoms with Crippen LogP contribution in [0.2, 0.25) is 0 Å². The molecular formula is C21H22N2O4S. The van der Waals surface area contributed by atoms with E-state index in [1.165, 1.54) is 23.3 Å². The van der Waals surface area contributed by atoms with Gasteiger partial charge in [0, 0.05) is 10.4 Å². The largest absolute Gasteiger partial charge is 0.496 e. The second-order valence-corrected chi connectivity index (χ2v) is 7.68. The molecule has 0 spiro atoms. The van der Waals surface area contributed by atoms with Crippen molar-refractivity contribution in [2.24, 2.45) is 0 Å². The topological polar surface area (TPSA) is 88.4 Å². The normalized spacial score (nSPS) is 13.0. The third kappa shape index (κ3) is 4.70. The van der Waals surface area contributed by atoms with Gasteiger partial charge in [-0.05, 0) is 37.3 Å². The fraction of sp³-hybridized carbons (Fsp3) is 0.381. The van der Waals surface area contributed by atoms with Crippen LogP contribution in [0.15, 0.2) is 24.3 Å². The molecule has 0 radical (unpaired) electrons. The van der Waals surface area contributed by atoms with Gasteiger partial charge in [0.25, 0.3) is 5.91 Å². The molecule has 1 aromatic heterocycles. The molecule has 0 aliphatic heterocycles. The minimum atomic E-state index is -0.512. The highest BCUT2D eigenvalue weighted by molar-refractivity contribution is 7.16. The fourth-order valence-corrected chi connectivity index (χ4v) is 4.57. The van der Waals surface area contributed by atoms with Crippen molar-refractivity contribution in [3.8, 4) is 11.8 Å². The first kappa shape index (κ1) is 19.9. The molecule has 0 unspecified atom stereocenters. The Balaban J connectivity index is 1.57. The van der Waals surface area contributed by atoms with E-state index in [0.717, 1.165) is 37.7 Å². The maximum atomic E-state index is 12.2. The van der Waals surface area contributed by atoms with Crippen LogP contribution in [0.25, 0.3) is 0 Å². The van der Waals surface area contributed by atoms with Crippen LogP contribution in [0.5, 0.6) is 5.75 Å². The van der Waals surface area contributed by atoms with Crippen LogP contribution in [0.1, 0.15) is 40.8 Å². The first-order valence-corrected chi connectivity index (χ1v) is 10.1. The Morgan fingerprint density at radius 1 is 1.21 bits per heavy atom. The third-order valence-corrected chi connectivity index (χ3v) is 5.88. The van der Waals surface area contributed by atoms with Gasteiger partial charge in [-0.15, -0.1) is 11.3 Å². The molecule has 28 heavy (non-hydrogen) atoms. The van der Waals surface area contributed by atoms with Crippen molar-refractivity contribution >= 4 is 28.2 Å². The molecule has 1 aromatic carbocycles. The van der Waals surface area contributed by atoms with E-state index in [-0.39, 0.29) is 13.0 Å². The van der Waals surface area contributed by atoms with Crippen LogP contribution < -0.4 is 10.1 Å². The first-order chi connectivity index (χ1) is 13.6. The smallest absolute Gasteiger partial charge is 0.310 e. The number of esters is 1. The number of carbonyl (C=O) groups excluding carboxylic acids is 2. The van der Waals surface area contributed by atoms with Crippen LogP contribution >= 0.6 is 11.3 Å². The van der Waals surface area contributed by atoms with Crippen molar-refractivity contribution in [1.82, 2.24) is 0 Å². The summed E-state index contributed by atoms with van der Waals surface area (Å²) in [5.41, 5.74) is 2.31. The summed E-state index contributed by atoms with van der Waals surface area (Å²) in [6.07, 6.45) is 5.17. The predicted octanol–water partition coefficient (Wildman–Crippen LogP) is 3.62. The standard InChI is InChI=1S/C21H22N2O4S/c1-26-17-9-6-5-7-14(17)11-20(25)27-13-19(24)23-21-16(12-22)15-8-3-2-4-10-18(15)28-21/h5-7,9H,2-4,8,10-11,13H2,1H3,(H,23,24). The summed E-state index contributed by atoms with van der Waals surface area (Å²) in [4.78, 5) is 25.5. The summed E-state index contributed by atoms with van der Waals surface area (Å²) in [6.45, 7) is -0.387. The lowest BCUT2D eigenvalue weighted by Gasteiger charge is -2.08. The van der Waals surface area contributed by atoms with Gasteiger partial charge in [0.1, 0.15) is 16.8 Å². The quantitative estimate of drug-likeness (QED) is 0.593. The van der Waals surface area contributed by atoms with Crippen molar-refractivity contribution < 1.29 is 19.1 Å². The Hall–Kier alpha value is -2.85. The Morgan fingerprint density at radius 2 is 2.00 bits per heavy atom. The van der Waals surface area contributed by atoms with Gasteiger partial charge in [-0.1, -0.05) is 24.6 Å². The van der Waals surface area contributed by atoms with Crippen molar-refractivity contribution in [2.45, 2.75) is 38.5 Å². The average Bonchev–Trinajstić information content (AvgIpc) is 2.85. The van der Waals surface area contributed by atoms with E-state index in [2.05, 4.69) is 11.4 Å². The van der Waals surface area contributed by atoms with Crippen molar-refractivity contribution in [3.63, 3.8) is 0 Å². The van der Waals surface area contributed by atoms with Crippen molar-refractivity contribution in [2.75, 3.05) is 19.0 Å². The number of nitrogens with one attached hydrogen (secondary N) is 1. The summed E-state index contributed by atoms with van der Waals surface area (Å²) in [5.74, 6) is -0.356. The molecule has 2 aromatic rings. The average molecular weight is 398 g/mol. The second kappa shape index (κ2) is 9.38. The summed E-state index contributed by atoms with van der Waals surface area (Å²) >= 11 is 1.46. The zero-order valence-electron chi connectivity index (χ0n) is 15.7. The molecule has 1 amide bonds. The van der Waals surface area contributed by atoms with Crippen molar-refractivity contribution in [1.29, 1.82) is 5.26 Å². The highest BCUT2D eigenvalue weighted by atomic mass is 32.1. The van der Waals surface area contributed by atoms with Crippen molar-refractivity contribution in [3.05, 3.63) is 45.8 Å². The maximum Gasteiger partial charge on any atom is 0.310 e. The van der Waals surface area contributed by atoms with Crippen LogP contribution in [0.3, 0.4) is 0 Å². The van der Waals surface area contributed by atoms with E-state index in [9.17, 15) is 14.9 Å². The number of fused-ring (bicyclic) bond motifs is 1. The number of amides is 1. The number of carbonyl (C=O) groups is 2. The zero-order valence-corrected chi connectivity index (χ0v) is 16.6. The molecule has 0 bridgehead atoms. The lowest BCUT2D eigenvalue weighted by Crippen LogP contribution is -2.21. The molecule has 6 nitrogen and oxygen atoms in total. The number of ether oxygens (including phenoxy) is 2. The highest BCUT2D eigenvalue weighted by Gasteiger charge is 2.21. The number of rotatable bonds is 6. The number of nitriles is 1. The number of nitrogens with zero attached hydrogens (tertiary/aromatic N) is 1. The predicted molar refractivity (Wildman–Crippen MR) is 107 cm³/mol. The maximum absolute atomic E-state index is 12.2. The Kier molecular flexibility index (Phi) is 6.66. The van der Waals surface area contributed by atoms with Gasteiger partial charge in [0.05, 0.1) is 19.1 Å². The van der Waals surface area contributed by atoms with E-state index >= 15 is 0 Å². The number of methoxy groups -OCH3 is 1. The number of para-hydroxylation sites is 1. The zero-order chi connectivity index (χ0) is 19.9. The fourth-order valence-electron chi connectivity index (χ4n) is 3.31. The number of aryl methyl sites for hydroxylation is 1. The van der Waals surface area contributed by atoms with E-state index in [4.69, 9.17) is 9.47 Å². The molecule has 0 atom stereocenters. The molecule has 7 heteroatoms. The lowest BCUT2D eigenvalue weighted by atomic mass is 10.1.